The quantitative estimate of drug-likeness (QED) is 0.392. The largest absolute Gasteiger partial charge is 0.384 e. The van der Waals surface area contributed by atoms with E-state index in [-0.39, 0.29) is 10.8 Å². The molecule has 0 fully saturated rings. The minimum atomic E-state index is -4.36. The van der Waals surface area contributed by atoms with Crippen LogP contribution in [-0.4, -0.2) is 35.6 Å². The maximum absolute atomic E-state index is 12.6. The molecule has 0 radical (unpaired) electrons. The normalized spacial score (nSPS) is 11.6. The summed E-state index contributed by atoms with van der Waals surface area (Å²) >= 11 is 6.06. The first-order valence-electron chi connectivity index (χ1n) is 8.03. The van der Waals surface area contributed by atoms with Crippen LogP contribution in [0.25, 0.3) is 6.08 Å². The Morgan fingerprint density at radius 3 is 2.64 bits per heavy atom. The van der Waals surface area contributed by atoms with Crippen LogP contribution in [0.5, 0.6) is 0 Å². The van der Waals surface area contributed by atoms with E-state index in [0.717, 1.165) is 12.1 Å². The average molecular weight is 428 g/mol. The number of aryl methyl sites for hydroxylation is 2. The van der Waals surface area contributed by atoms with E-state index in [0.29, 0.717) is 17.8 Å². The predicted octanol–water partition coefficient (Wildman–Crippen LogP) is 2.24. The van der Waals surface area contributed by atoms with E-state index in [1.54, 1.807) is 20.9 Å². The molecule has 1 heterocycles. The summed E-state index contributed by atoms with van der Waals surface area (Å²) in [6, 6.07) is 3.33. The van der Waals surface area contributed by atoms with Crippen molar-refractivity contribution in [3.05, 3.63) is 50.8 Å². The number of hydrogen-bond acceptors (Lipinski definition) is 7. The van der Waals surface area contributed by atoms with Gasteiger partial charge in [-0.1, -0.05) is 11.6 Å². The van der Waals surface area contributed by atoms with E-state index in [1.165, 1.54) is 22.9 Å². The monoisotopic (exact) mass is 427 g/mol. The number of nitro benzene ring substituents is 1. The van der Waals surface area contributed by atoms with Gasteiger partial charge in [0.25, 0.3) is 21.6 Å². The Balaban J connectivity index is 2.32. The van der Waals surface area contributed by atoms with Crippen LogP contribution in [0.1, 0.15) is 18.2 Å². The van der Waals surface area contributed by atoms with Gasteiger partial charge in [-0.25, -0.2) is 13.1 Å². The van der Waals surface area contributed by atoms with E-state index in [9.17, 15) is 23.3 Å². The lowest BCUT2D eigenvalue weighted by Gasteiger charge is -2.11. The highest BCUT2D eigenvalue weighted by molar-refractivity contribution is 7.90. The molecule has 2 N–H and O–H groups in total. The standard InChI is InChI=1S/C16H18ClN5O5S/c1-4-18-13-7-5-11(22(24)25)9-14(13)28(26,27)20-15(23)8-6-12-10(2)19-21(3)16(12)17/h5-9,18H,4H2,1-3H3,(H,20,23). The molecule has 12 heteroatoms. The summed E-state index contributed by atoms with van der Waals surface area (Å²) < 4.78 is 28.5. The SMILES string of the molecule is CCNc1ccc([N+](=O)[O-])cc1S(=O)(=O)NC(=O)C=Cc1c(C)nn(C)c1Cl. The van der Waals surface area contributed by atoms with Crippen LogP contribution < -0.4 is 10.0 Å². The van der Waals surface area contributed by atoms with Gasteiger partial charge in [0, 0.05) is 37.4 Å². The first-order valence-corrected chi connectivity index (χ1v) is 9.89. The summed E-state index contributed by atoms with van der Waals surface area (Å²) in [5, 5.41) is 18.1. The number of carbonyl (C=O) groups excluding carboxylic acids is 1. The zero-order valence-electron chi connectivity index (χ0n) is 15.3. The van der Waals surface area contributed by atoms with Crippen molar-refractivity contribution in [1.29, 1.82) is 0 Å². The van der Waals surface area contributed by atoms with Crippen molar-refractivity contribution in [2.45, 2.75) is 18.7 Å². The fraction of sp³-hybridized carbons (Fsp3) is 0.250. The molecule has 28 heavy (non-hydrogen) atoms. The molecule has 2 rings (SSSR count). The lowest BCUT2D eigenvalue weighted by Crippen LogP contribution is -2.29. The first-order chi connectivity index (χ1) is 13.1. The first kappa shape index (κ1) is 21.4. The minimum absolute atomic E-state index is 0.142. The van der Waals surface area contributed by atoms with Gasteiger partial charge in [0.05, 0.1) is 16.3 Å². The topological polar surface area (TPSA) is 136 Å². The van der Waals surface area contributed by atoms with E-state index in [1.807, 2.05) is 4.72 Å². The Kier molecular flexibility index (Phi) is 6.41. The van der Waals surface area contributed by atoms with Crippen LogP contribution in [0, 0.1) is 17.0 Å². The van der Waals surface area contributed by atoms with Crippen LogP contribution in [0.15, 0.2) is 29.2 Å². The number of rotatable bonds is 7. The van der Waals surface area contributed by atoms with Gasteiger partial charge < -0.3 is 5.32 Å². The maximum Gasteiger partial charge on any atom is 0.270 e. The second-order valence-electron chi connectivity index (χ2n) is 5.68. The minimum Gasteiger partial charge on any atom is -0.384 e. The molecule has 0 aliphatic heterocycles. The van der Waals surface area contributed by atoms with E-state index >= 15 is 0 Å². The van der Waals surface area contributed by atoms with E-state index < -0.39 is 31.4 Å². The van der Waals surface area contributed by atoms with Gasteiger partial charge in [-0.05, 0) is 26.0 Å². The van der Waals surface area contributed by atoms with Gasteiger partial charge in [0.15, 0.2) is 0 Å². The van der Waals surface area contributed by atoms with E-state index in [4.69, 9.17) is 11.6 Å². The summed E-state index contributed by atoms with van der Waals surface area (Å²) in [5.74, 6) is -0.937. The molecular weight excluding hydrogens is 410 g/mol. The third kappa shape index (κ3) is 4.67. The zero-order valence-corrected chi connectivity index (χ0v) is 16.8. The molecule has 0 saturated carbocycles. The zero-order chi connectivity index (χ0) is 21.1. The van der Waals surface area contributed by atoms with Crippen molar-refractivity contribution in [2.24, 2.45) is 7.05 Å². The number of anilines is 1. The van der Waals surface area contributed by atoms with Crippen LogP contribution >= 0.6 is 11.6 Å². The van der Waals surface area contributed by atoms with Crippen molar-refractivity contribution in [2.75, 3.05) is 11.9 Å². The van der Waals surface area contributed by atoms with Crippen molar-refractivity contribution >= 4 is 45.0 Å². The Morgan fingerprint density at radius 1 is 1.43 bits per heavy atom. The van der Waals surface area contributed by atoms with Crippen LogP contribution in [-0.2, 0) is 21.9 Å². The van der Waals surface area contributed by atoms with Gasteiger partial charge in [0.1, 0.15) is 10.0 Å². The lowest BCUT2D eigenvalue weighted by atomic mass is 10.2. The molecule has 10 nitrogen and oxygen atoms in total. The lowest BCUT2D eigenvalue weighted by molar-refractivity contribution is -0.385. The highest BCUT2D eigenvalue weighted by Crippen LogP contribution is 2.26. The predicted molar refractivity (Wildman–Crippen MR) is 105 cm³/mol. The number of hydrogen-bond donors (Lipinski definition) is 2. The van der Waals surface area contributed by atoms with Crippen molar-refractivity contribution in [3.63, 3.8) is 0 Å². The van der Waals surface area contributed by atoms with Crippen molar-refractivity contribution in [1.82, 2.24) is 14.5 Å². The molecule has 0 aliphatic carbocycles. The summed E-state index contributed by atoms with van der Waals surface area (Å²) in [7, 11) is -2.73. The van der Waals surface area contributed by atoms with Gasteiger partial charge in [-0.3, -0.25) is 19.6 Å². The number of carbonyl (C=O) groups is 1. The number of nitro groups is 1. The van der Waals surface area contributed by atoms with Gasteiger partial charge in [-0.15, -0.1) is 0 Å². The number of non-ortho nitro benzene ring substituents is 1. The van der Waals surface area contributed by atoms with Crippen LogP contribution in [0.2, 0.25) is 5.15 Å². The Morgan fingerprint density at radius 2 is 2.11 bits per heavy atom. The molecule has 0 saturated heterocycles. The summed E-state index contributed by atoms with van der Waals surface area (Å²) in [4.78, 5) is 22.0. The van der Waals surface area contributed by atoms with Gasteiger partial charge in [-0.2, -0.15) is 5.10 Å². The average Bonchev–Trinajstić information content (AvgIpc) is 2.85. The maximum atomic E-state index is 12.6. The molecule has 1 amide bonds. The number of nitrogens with one attached hydrogen (secondary N) is 2. The third-order valence-corrected chi connectivity index (χ3v) is 5.50. The molecular formula is C16H18ClN5O5S. The summed E-state index contributed by atoms with van der Waals surface area (Å²) in [5.41, 5.74) is 0.763. The molecule has 1 aromatic carbocycles. The fourth-order valence-corrected chi connectivity index (χ4v) is 3.79. The number of benzene rings is 1. The number of halogens is 1. The van der Waals surface area contributed by atoms with Crippen molar-refractivity contribution < 1.29 is 18.1 Å². The number of nitrogens with zero attached hydrogens (tertiary/aromatic N) is 3. The molecule has 2 aromatic rings. The molecule has 0 atom stereocenters. The molecule has 1 aromatic heterocycles. The Hall–Kier alpha value is -2.92. The highest BCUT2D eigenvalue weighted by Gasteiger charge is 2.23. The number of amides is 1. The Labute approximate surface area is 166 Å². The van der Waals surface area contributed by atoms with Gasteiger partial charge >= 0.3 is 0 Å². The molecule has 0 bridgehead atoms. The summed E-state index contributed by atoms with van der Waals surface area (Å²) in [6.45, 7) is 3.80. The molecule has 0 spiro atoms. The van der Waals surface area contributed by atoms with E-state index in [2.05, 4.69) is 10.4 Å². The summed E-state index contributed by atoms with van der Waals surface area (Å²) in [6.07, 6.45) is 2.34. The second-order valence-corrected chi connectivity index (χ2v) is 7.69. The second kappa shape index (κ2) is 8.40. The van der Waals surface area contributed by atoms with Gasteiger partial charge in [0.2, 0.25) is 0 Å². The van der Waals surface area contributed by atoms with Crippen LogP contribution in [0.3, 0.4) is 0 Å². The molecule has 0 aliphatic rings. The fourth-order valence-electron chi connectivity index (χ4n) is 2.40. The third-order valence-electron chi connectivity index (χ3n) is 3.67. The van der Waals surface area contributed by atoms with Crippen LogP contribution in [0.4, 0.5) is 11.4 Å². The smallest absolute Gasteiger partial charge is 0.270 e. The number of aromatic nitrogens is 2. The number of sulfonamides is 1. The molecule has 0 unspecified atom stereocenters. The van der Waals surface area contributed by atoms with Crippen molar-refractivity contribution in [3.8, 4) is 0 Å². The Bertz CT molecular complexity index is 1060. The molecule has 150 valence electrons. The highest BCUT2D eigenvalue weighted by atomic mass is 35.5.